The van der Waals surface area contributed by atoms with Crippen molar-refractivity contribution in [3.05, 3.63) is 71.6 Å². The van der Waals surface area contributed by atoms with E-state index in [0.717, 1.165) is 79.9 Å². The van der Waals surface area contributed by atoms with E-state index in [1.165, 1.54) is 33.4 Å². The van der Waals surface area contributed by atoms with E-state index in [0.29, 0.717) is 0 Å². The lowest BCUT2D eigenvalue weighted by Crippen LogP contribution is -2.60. The lowest BCUT2D eigenvalue weighted by molar-refractivity contribution is -0.267. The van der Waals surface area contributed by atoms with Crippen LogP contribution in [0.1, 0.15) is 83.8 Å². The molecule has 2 aliphatic heterocycles. The first-order valence-corrected chi connectivity index (χ1v) is 20.8. The van der Waals surface area contributed by atoms with Crippen LogP contribution >= 0.6 is 0 Å². The molecule has 2 aliphatic rings. The van der Waals surface area contributed by atoms with Gasteiger partial charge in [0.15, 0.2) is 54.9 Å². The standard InChI is InChI=1S/C45H46F2N2O19/c1-19(50)59-17-33-38(61-21(3)52)40(63-23(5)54)42(65-25(7)56)44(67-33)48-15-27(35-29(46)11-9-13-31(35)48)37(58)28-16-49(32-14-10-12-30(47)36(28)32)45-43(66-26(8)57)41(64-24(6)55)39(62-22(4)53)34(68-45)18-60-20(2)51/h9-16,33-34,38-45H,17-18H2,1-8H3/t33-,34-,38-,39-,40+,41+,42-,43-,44-,45-/m1/s1. The van der Waals surface area contributed by atoms with Crippen LogP contribution in [0.5, 0.6) is 0 Å². The normalized spacial score (nSPS) is 24.6. The second-order valence-electron chi connectivity index (χ2n) is 15.7. The van der Waals surface area contributed by atoms with Crippen LogP contribution in [-0.2, 0) is 85.7 Å². The molecule has 2 aromatic carbocycles. The van der Waals surface area contributed by atoms with Gasteiger partial charge in [-0.2, -0.15) is 0 Å². The van der Waals surface area contributed by atoms with Gasteiger partial charge in [0.25, 0.3) is 0 Å². The zero-order chi connectivity index (χ0) is 49.9. The van der Waals surface area contributed by atoms with Gasteiger partial charge in [-0.1, -0.05) is 12.1 Å². The van der Waals surface area contributed by atoms with Crippen molar-refractivity contribution in [3.63, 3.8) is 0 Å². The highest BCUT2D eigenvalue weighted by Crippen LogP contribution is 2.42. The lowest BCUT2D eigenvalue weighted by Gasteiger charge is -2.44. The van der Waals surface area contributed by atoms with E-state index in [2.05, 4.69) is 0 Å². The molecule has 0 unspecified atom stereocenters. The number of esters is 8. The Morgan fingerprint density at radius 2 is 0.765 bits per heavy atom. The number of fused-ring (bicyclic) bond motifs is 2. The molecule has 0 aliphatic carbocycles. The summed E-state index contributed by atoms with van der Waals surface area (Å²) >= 11 is 0. The molecule has 0 spiro atoms. The SMILES string of the molecule is CC(=O)OC[C@H]1O[C@@H](n2cc(C(=O)c3cn([C@@H]4O[C@H](COC(C)=O)[C@@H](OC(C)=O)[C@H](OC(C)=O)[C@H]4OC(C)=O)c4cccc(F)c34)c3c(F)cccc32)[C@H](OC(C)=O)[C@@H](OC(C)=O)[C@@H]1OC(C)=O. The van der Waals surface area contributed by atoms with Crippen molar-refractivity contribution >= 4 is 75.3 Å². The lowest BCUT2D eigenvalue weighted by atomic mass is 9.97. The zero-order valence-electron chi connectivity index (χ0n) is 37.7. The summed E-state index contributed by atoms with van der Waals surface area (Å²) in [6.07, 6.45) is -13.8. The quantitative estimate of drug-likeness (QED) is 0.0993. The molecular formula is C45H46F2N2O19. The molecule has 2 aromatic heterocycles. The number of halogens is 2. The van der Waals surface area contributed by atoms with Crippen LogP contribution in [0.4, 0.5) is 8.78 Å². The van der Waals surface area contributed by atoms with Crippen molar-refractivity contribution in [3.8, 4) is 0 Å². The van der Waals surface area contributed by atoms with E-state index >= 15 is 13.6 Å². The van der Waals surface area contributed by atoms with Crippen LogP contribution in [0, 0.1) is 11.6 Å². The van der Waals surface area contributed by atoms with Gasteiger partial charge in [0.05, 0.1) is 22.2 Å². The first-order valence-electron chi connectivity index (χ1n) is 20.8. The van der Waals surface area contributed by atoms with E-state index in [1.807, 2.05) is 0 Å². The molecule has 4 aromatic rings. The maximum Gasteiger partial charge on any atom is 0.303 e. The summed E-state index contributed by atoms with van der Waals surface area (Å²) in [6, 6.07) is 7.35. The molecule has 0 N–H and O–H groups in total. The summed E-state index contributed by atoms with van der Waals surface area (Å²) in [5.41, 5.74) is -1.04. The molecule has 23 heteroatoms. The van der Waals surface area contributed by atoms with Gasteiger partial charge < -0.3 is 56.5 Å². The monoisotopic (exact) mass is 956 g/mol. The number of benzene rings is 2. The van der Waals surface area contributed by atoms with Crippen molar-refractivity contribution < 1.29 is 99.3 Å². The molecule has 0 radical (unpaired) electrons. The maximum absolute atomic E-state index is 16.3. The number of rotatable bonds is 14. The number of hydrogen-bond acceptors (Lipinski definition) is 19. The Morgan fingerprint density at radius 1 is 0.456 bits per heavy atom. The summed E-state index contributed by atoms with van der Waals surface area (Å²) < 4.78 is 91.4. The number of aromatic nitrogens is 2. The molecule has 6 rings (SSSR count). The van der Waals surface area contributed by atoms with Crippen LogP contribution in [0.25, 0.3) is 21.8 Å². The Balaban J connectivity index is 1.56. The number of nitrogens with zero attached hydrogens (tertiary/aromatic N) is 2. The third-order valence-corrected chi connectivity index (χ3v) is 10.6. The molecule has 2 fully saturated rings. The minimum absolute atomic E-state index is 0.0851. The van der Waals surface area contributed by atoms with Gasteiger partial charge in [-0.25, -0.2) is 8.78 Å². The first-order chi connectivity index (χ1) is 32.1. The number of hydrogen-bond donors (Lipinski definition) is 0. The molecule has 364 valence electrons. The molecule has 4 heterocycles. The van der Waals surface area contributed by atoms with Crippen molar-refractivity contribution in [1.29, 1.82) is 0 Å². The van der Waals surface area contributed by atoms with E-state index in [9.17, 15) is 38.4 Å². The third kappa shape index (κ3) is 10.8. The highest BCUT2D eigenvalue weighted by molar-refractivity contribution is 6.21. The fourth-order valence-electron chi connectivity index (χ4n) is 8.30. The molecule has 0 bridgehead atoms. The summed E-state index contributed by atoms with van der Waals surface area (Å²) in [5.74, 6) is -10.1. The van der Waals surface area contributed by atoms with Gasteiger partial charge in [-0.05, 0) is 24.3 Å². The Hall–Kier alpha value is -7.27. The second kappa shape index (κ2) is 20.7. The van der Waals surface area contributed by atoms with Crippen LogP contribution in [0.2, 0.25) is 0 Å². The molecular weight excluding hydrogens is 910 g/mol. The molecule has 2 saturated heterocycles. The van der Waals surface area contributed by atoms with Gasteiger partial charge in [0.1, 0.15) is 37.1 Å². The molecule has 10 atom stereocenters. The average molecular weight is 957 g/mol. The highest BCUT2D eigenvalue weighted by atomic mass is 19.1. The van der Waals surface area contributed by atoms with Crippen LogP contribution in [0.15, 0.2) is 48.8 Å². The Kier molecular flexibility index (Phi) is 15.3. The van der Waals surface area contributed by atoms with Gasteiger partial charge in [0, 0.05) is 78.6 Å². The van der Waals surface area contributed by atoms with Gasteiger partial charge in [0.2, 0.25) is 0 Å². The predicted molar refractivity (Wildman–Crippen MR) is 222 cm³/mol. The summed E-state index contributed by atoms with van der Waals surface area (Å²) in [7, 11) is 0. The largest absolute Gasteiger partial charge is 0.463 e. The van der Waals surface area contributed by atoms with E-state index in [4.69, 9.17) is 47.4 Å². The fourth-order valence-corrected chi connectivity index (χ4v) is 8.30. The van der Waals surface area contributed by atoms with Crippen molar-refractivity contribution in [2.24, 2.45) is 0 Å². The highest BCUT2D eigenvalue weighted by Gasteiger charge is 2.55. The van der Waals surface area contributed by atoms with Crippen molar-refractivity contribution in [1.82, 2.24) is 9.13 Å². The van der Waals surface area contributed by atoms with Crippen LogP contribution < -0.4 is 0 Å². The van der Waals surface area contributed by atoms with Crippen LogP contribution in [0.3, 0.4) is 0 Å². The van der Waals surface area contributed by atoms with Crippen LogP contribution in [-0.4, -0.2) is 125 Å². The number of ether oxygens (including phenoxy) is 10. The zero-order valence-corrected chi connectivity index (χ0v) is 37.7. The number of carbonyl (C=O) groups excluding carboxylic acids is 9. The second-order valence-corrected chi connectivity index (χ2v) is 15.7. The van der Waals surface area contributed by atoms with Crippen molar-refractivity contribution in [2.45, 2.75) is 117 Å². The molecule has 0 amide bonds. The summed E-state index contributed by atoms with van der Waals surface area (Å²) in [4.78, 5) is 114. The maximum atomic E-state index is 16.3. The topological polar surface area (TPSA) is 256 Å². The van der Waals surface area contributed by atoms with E-state index in [1.54, 1.807) is 0 Å². The smallest absolute Gasteiger partial charge is 0.303 e. The minimum atomic E-state index is -1.70. The average Bonchev–Trinajstić information content (AvgIpc) is 3.82. The predicted octanol–water partition coefficient (Wildman–Crippen LogP) is 3.62. The van der Waals surface area contributed by atoms with Gasteiger partial charge in [-0.3, -0.25) is 43.2 Å². The Morgan fingerprint density at radius 3 is 1.07 bits per heavy atom. The van der Waals surface area contributed by atoms with Crippen molar-refractivity contribution in [2.75, 3.05) is 13.2 Å². The first kappa shape index (κ1) is 50.1. The fraction of sp³-hybridized carbons (Fsp3) is 0.444. The van der Waals surface area contributed by atoms with E-state index < -0.39 is 151 Å². The summed E-state index contributed by atoms with van der Waals surface area (Å²) in [6.45, 7) is 7.12. The number of carbonyl (C=O) groups is 9. The molecule has 0 saturated carbocycles. The summed E-state index contributed by atoms with van der Waals surface area (Å²) in [5, 5.41) is -0.732. The van der Waals surface area contributed by atoms with Gasteiger partial charge >= 0.3 is 47.8 Å². The van der Waals surface area contributed by atoms with E-state index in [-0.39, 0.29) is 21.8 Å². The van der Waals surface area contributed by atoms with Gasteiger partial charge in [-0.15, -0.1) is 0 Å². The molecule has 21 nitrogen and oxygen atoms in total. The Labute approximate surface area is 384 Å². The number of ketones is 1. The molecule has 68 heavy (non-hydrogen) atoms. The Bertz CT molecular complexity index is 2500. The third-order valence-electron chi connectivity index (χ3n) is 10.6. The minimum Gasteiger partial charge on any atom is -0.463 e.